The average molecular weight is 292 g/mol. The van der Waals surface area contributed by atoms with Crippen molar-refractivity contribution in [3.63, 3.8) is 0 Å². The van der Waals surface area contributed by atoms with Crippen molar-refractivity contribution >= 4 is 11.6 Å². The molecular weight excluding hydrogens is 268 g/mol. The predicted molar refractivity (Wildman–Crippen MR) is 84.9 cm³/mol. The van der Waals surface area contributed by atoms with Gasteiger partial charge in [0.1, 0.15) is 11.5 Å². The number of amides is 1. The van der Waals surface area contributed by atoms with Gasteiger partial charge < -0.3 is 20.1 Å². The van der Waals surface area contributed by atoms with Crippen LogP contribution in [0.1, 0.15) is 31.1 Å². The van der Waals surface area contributed by atoms with Gasteiger partial charge >= 0.3 is 0 Å². The van der Waals surface area contributed by atoms with Gasteiger partial charge in [-0.3, -0.25) is 4.79 Å². The summed E-state index contributed by atoms with van der Waals surface area (Å²) in [4.78, 5) is 14.5. The van der Waals surface area contributed by atoms with Crippen LogP contribution in [0.5, 0.6) is 11.5 Å². The van der Waals surface area contributed by atoms with Crippen LogP contribution in [0.4, 0.5) is 5.69 Å². The number of hydrogen-bond donors (Lipinski definition) is 1. The normalized spacial score (nSPS) is 10.9. The van der Waals surface area contributed by atoms with Gasteiger partial charge in [0, 0.05) is 18.2 Å². The summed E-state index contributed by atoms with van der Waals surface area (Å²) in [5.74, 6) is 0.763. The first-order valence-electron chi connectivity index (χ1n) is 6.70. The zero-order valence-electron chi connectivity index (χ0n) is 13.4. The maximum absolute atomic E-state index is 12.8. The van der Waals surface area contributed by atoms with E-state index in [1.54, 1.807) is 23.1 Å². The van der Waals surface area contributed by atoms with E-state index in [4.69, 9.17) is 15.2 Å². The summed E-state index contributed by atoms with van der Waals surface area (Å²) in [6.45, 7) is 10.0. The van der Waals surface area contributed by atoms with E-state index >= 15 is 0 Å². The van der Waals surface area contributed by atoms with Crippen molar-refractivity contribution in [3.8, 4) is 11.5 Å². The van der Waals surface area contributed by atoms with Crippen molar-refractivity contribution in [2.45, 2.75) is 26.3 Å². The third-order valence-electron chi connectivity index (χ3n) is 3.17. The van der Waals surface area contributed by atoms with Gasteiger partial charge in [-0.05, 0) is 26.8 Å². The Hall–Kier alpha value is -2.17. The summed E-state index contributed by atoms with van der Waals surface area (Å²) in [5, 5.41) is 0. The molecule has 5 nitrogen and oxygen atoms in total. The number of carbonyl (C=O) groups excluding carboxylic acids is 1. The van der Waals surface area contributed by atoms with Crippen LogP contribution in [0.15, 0.2) is 24.8 Å². The van der Waals surface area contributed by atoms with Crippen molar-refractivity contribution in [2.75, 3.05) is 26.5 Å². The predicted octanol–water partition coefficient (Wildman–Crippen LogP) is 2.71. The molecular formula is C16H24N2O3. The molecule has 0 atom stereocenters. The topological polar surface area (TPSA) is 64.8 Å². The number of anilines is 1. The lowest BCUT2D eigenvalue weighted by Crippen LogP contribution is -2.45. The van der Waals surface area contributed by atoms with Gasteiger partial charge in [-0.2, -0.15) is 0 Å². The first-order valence-corrected chi connectivity index (χ1v) is 6.70. The molecule has 0 radical (unpaired) electrons. The largest absolute Gasteiger partial charge is 0.497 e. The summed E-state index contributed by atoms with van der Waals surface area (Å²) >= 11 is 0. The summed E-state index contributed by atoms with van der Waals surface area (Å²) in [5.41, 5.74) is 6.36. The minimum Gasteiger partial charge on any atom is -0.497 e. The molecule has 1 aromatic rings. The summed E-state index contributed by atoms with van der Waals surface area (Å²) in [6.07, 6.45) is 1.69. The molecule has 0 saturated heterocycles. The molecule has 0 bridgehead atoms. The van der Waals surface area contributed by atoms with Gasteiger partial charge in [0.05, 0.1) is 25.5 Å². The van der Waals surface area contributed by atoms with Crippen LogP contribution in [0, 0.1) is 0 Å². The highest BCUT2D eigenvalue weighted by Gasteiger charge is 2.28. The van der Waals surface area contributed by atoms with Crippen LogP contribution in [-0.4, -0.2) is 37.1 Å². The Morgan fingerprint density at radius 2 is 1.95 bits per heavy atom. The van der Waals surface area contributed by atoms with E-state index in [-0.39, 0.29) is 11.4 Å². The highest BCUT2D eigenvalue weighted by atomic mass is 16.5. The van der Waals surface area contributed by atoms with Gasteiger partial charge in [0.15, 0.2) is 0 Å². The standard InChI is InChI=1S/C16H24N2O3/c1-7-8-18(16(2,3)4)15(19)12-9-11(20-5)10-13(21-6)14(12)17/h7,9-10H,1,8,17H2,2-6H3. The SMILES string of the molecule is C=CCN(C(=O)c1cc(OC)cc(OC)c1N)C(C)(C)C. The molecule has 1 aromatic carbocycles. The Labute approximate surface area is 126 Å². The lowest BCUT2D eigenvalue weighted by molar-refractivity contribution is 0.0617. The minimum absolute atomic E-state index is 0.183. The van der Waals surface area contributed by atoms with Gasteiger partial charge in [0.2, 0.25) is 0 Å². The van der Waals surface area contributed by atoms with E-state index in [1.807, 2.05) is 20.8 Å². The van der Waals surface area contributed by atoms with Gasteiger partial charge in [-0.1, -0.05) is 6.08 Å². The number of nitrogen functional groups attached to an aromatic ring is 1. The Balaban J connectivity index is 3.36. The molecule has 0 saturated carbocycles. The van der Waals surface area contributed by atoms with Crippen molar-refractivity contribution in [1.29, 1.82) is 0 Å². The third-order valence-corrected chi connectivity index (χ3v) is 3.17. The fourth-order valence-electron chi connectivity index (χ4n) is 2.00. The molecule has 0 aliphatic heterocycles. The molecule has 0 aliphatic rings. The number of carbonyl (C=O) groups is 1. The van der Waals surface area contributed by atoms with E-state index < -0.39 is 0 Å². The Bertz CT molecular complexity index is 533. The summed E-state index contributed by atoms with van der Waals surface area (Å²) in [6, 6.07) is 3.28. The molecule has 0 unspecified atom stereocenters. The van der Waals surface area contributed by atoms with E-state index in [0.717, 1.165) is 0 Å². The number of benzene rings is 1. The first-order chi connectivity index (χ1) is 9.76. The fraction of sp³-hybridized carbons (Fsp3) is 0.438. The van der Waals surface area contributed by atoms with Crippen LogP contribution in [0.25, 0.3) is 0 Å². The second-order valence-corrected chi connectivity index (χ2v) is 5.67. The molecule has 1 amide bonds. The Morgan fingerprint density at radius 1 is 1.33 bits per heavy atom. The molecule has 0 aliphatic carbocycles. The molecule has 0 aromatic heterocycles. The fourth-order valence-corrected chi connectivity index (χ4v) is 2.00. The maximum Gasteiger partial charge on any atom is 0.256 e. The molecule has 2 N–H and O–H groups in total. The van der Waals surface area contributed by atoms with Crippen LogP contribution in [0.3, 0.4) is 0 Å². The van der Waals surface area contributed by atoms with Crippen LogP contribution >= 0.6 is 0 Å². The number of nitrogens with two attached hydrogens (primary N) is 1. The first kappa shape index (κ1) is 16.9. The van der Waals surface area contributed by atoms with Crippen molar-refractivity contribution in [3.05, 3.63) is 30.4 Å². The lowest BCUT2D eigenvalue weighted by Gasteiger charge is -2.35. The van der Waals surface area contributed by atoms with E-state index in [9.17, 15) is 4.79 Å². The van der Waals surface area contributed by atoms with Crippen molar-refractivity contribution in [2.24, 2.45) is 0 Å². The number of rotatable bonds is 5. The van der Waals surface area contributed by atoms with Crippen LogP contribution in [0.2, 0.25) is 0 Å². The monoisotopic (exact) mass is 292 g/mol. The lowest BCUT2D eigenvalue weighted by atomic mass is 10.0. The smallest absolute Gasteiger partial charge is 0.256 e. The summed E-state index contributed by atoms with van der Waals surface area (Å²) < 4.78 is 10.4. The van der Waals surface area contributed by atoms with Gasteiger partial charge in [0.25, 0.3) is 5.91 Å². The quantitative estimate of drug-likeness (QED) is 0.669. The Kier molecular flexibility index (Phi) is 5.24. The maximum atomic E-state index is 12.8. The molecule has 0 spiro atoms. The zero-order chi connectivity index (χ0) is 16.2. The average Bonchev–Trinajstić information content (AvgIpc) is 2.43. The van der Waals surface area contributed by atoms with E-state index in [2.05, 4.69) is 6.58 Å². The second-order valence-electron chi connectivity index (χ2n) is 5.67. The molecule has 1 rings (SSSR count). The van der Waals surface area contributed by atoms with E-state index in [1.165, 1.54) is 14.2 Å². The molecule has 5 heteroatoms. The van der Waals surface area contributed by atoms with Gasteiger partial charge in [-0.25, -0.2) is 0 Å². The second kappa shape index (κ2) is 6.52. The highest BCUT2D eigenvalue weighted by Crippen LogP contribution is 2.32. The number of ether oxygens (including phenoxy) is 2. The zero-order valence-corrected chi connectivity index (χ0v) is 13.4. The van der Waals surface area contributed by atoms with Gasteiger partial charge in [-0.15, -0.1) is 6.58 Å². The van der Waals surface area contributed by atoms with Crippen LogP contribution < -0.4 is 15.2 Å². The number of nitrogens with zero attached hydrogens (tertiary/aromatic N) is 1. The minimum atomic E-state index is -0.353. The van der Waals surface area contributed by atoms with Crippen molar-refractivity contribution in [1.82, 2.24) is 4.90 Å². The van der Waals surface area contributed by atoms with E-state index in [0.29, 0.717) is 29.3 Å². The van der Waals surface area contributed by atoms with Crippen LogP contribution in [-0.2, 0) is 0 Å². The molecule has 0 heterocycles. The molecule has 116 valence electrons. The summed E-state index contributed by atoms with van der Waals surface area (Å²) in [7, 11) is 3.04. The number of hydrogen-bond acceptors (Lipinski definition) is 4. The number of methoxy groups -OCH3 is 2. The highest BCUT2D eigenvalue weighted by molar-refractivity contribution is 6.01. The Morgan fingerprint density at radius 3 is 2.38 bits per heavy atom. The third kappa shape index (κ3) is 3.68. The van der Waals surface area contributed by atoms with Crippen molar-refractivity contribution < 1.29 is 14.3 Å². The molecule has 21 heavy (non-hydrogen) atoms. The molecule has 0 fully saturated rings.